The van der Waals surface area contributed by atoms with Gasteiger partial charge in [0.2, 0.25) is 0 Å². The fourth-order valence-corrected chi connectivity index (χ4v) is 3.86. The van der Waals surface area contributed by atoms with Crippen molar-refractivity contribution >= 4 is 53.7 Å². The van der Waals surface area contributed by atoms with Crippen LogP contribution < -0.4 is 9.44 Å². The second-order valence-corrected chi connectivity index (χ2v) is 7.73. The molecule has 20 heavy (non-hydrogen) atoms. The number of carboxylic acid groups (broad SMARTS) is 1. The number of halogens is 2. The smallest absolute Gasteiger partial charge is 0.337 e. The molecule has 3 N–H and O–H groups in total. The Kier molecular flexibility index (Phi) is 5.99. The number of anilines is 1. The lowest BCUT2D eigenvalue weighted by Crippen LogP contribution is -2.33. The van der Waals surface area contributed by atoms with Crippen LogP contribution in [0.25, 0.3) is 0 Å². The van der Waals surface area contributed by atoms with E-state index in [9.17, 15) is 13.2 Å². The first-order chi connectivity index (χ1) is 9.12. The Morgan fingerprint density at radius 2 is 1.95 bits per heavy atom. The molecule has 1 aromatic rings. The lowest BCUT2D eigenvalue weighted by Gasteiger charge is -2.14. The van der Waals surface area contributed by atoms with E-state index in [2.05, 4.69) is 41.3 Å². The predicted molar refractivity (Wildman–Crippen MR) is 84.2 cm³/mol. The first-order valence-corrected chi connectivity index (χ1v) is 8.69. The summed E-state index contributed by atoms with van der Waals surface area (Å²) in [4.78, 5) is 11.2. The van der Waals surface area contributed by atoms with Crippen molar-refractivity contribution < 1.29 is 18.3 Å². The van der Waals surface area contributed by atoms with Crippen molar-refractivity contribution in [1.29, 1.82) is 0 Å². The van der Waals surface area contributed by atoms with Crippen LogP contribution in [0.3, 0.4) is 0 Å². The van der Waals surface area contributed by atoms with E-state index in [0.29, 0.717) is 8.95 Å². The van der Waals surface area contributed by atoms with Gasteiger partial charge in [-0.1, -0.05) is 29.8 Å². The number of rotatable bonds is 6. The summed E-state index contributed by atoms with van der Waals surface area (Å²) in [6, 6.07) is 2.89. The number of hydrogen-bond acceptors (Lipinski definition) is 3. The minimum absolute atomic E-state index is 0.0167. The molecule has 0 amide bonds. The van der Waals surface area contributed by atoms with E-state index in [0.717, 1.165) is 0 Å². The highest BCUT2D eigenvalue weighted by Crippen LogP contribution is 2.31. The van der Waals surface area contributed by atoms with Gasteiger partial charge >= 0.3 is 5.97 Å². The minimum atomic E-state index is -3.83. The van der Waals surface area contributed by atoms with E-state index in [4.69, 9.17) is 5.11 Å². The quantitative estimate of drug-likeness (QED) is 0.647. The Labute approximate surface area is 134 Å². The number of aromatic carboxylic acids is 1. The summed E-state index contributed by atoms with van der Waals surface area (Å²) in [5.74, 6) is -1.09. The third kappa shape index (κ3) is 5.04. The average molecular weight is 430 g/mol. The number of carboxylic acids is 1. The summed E-state index contributed by atoms with van der Waals surface area (Å²) in [7, 11) is -3.83. The predicted octanol–water partition coefficient (Wildman–Crippen LogP) is 2.81. The Morgan fingerprint density at radius 1 is 1.35 bits per heavy atom. The molecule has 0 aromatic heterocycles. The van der Waals surface area contributed by atoms with Crippen LogP contribution in [0.4, 0.5) is 5.69 Å². The maximum Gasteiger partial charge on any atom is 0.337 e. The Balaban J connectivity index is 3.11. The third-order valence-corrected chi connectivity index (χ3v) is 4.31. The molecular weight excluding hydrogens is 416 g/mol. The number of carbonyl (C=O) groups is 1. The van der Waals surface area contributed by atoms with Crippen molar-refractivity contribution in [2.75, 3.05) is 11.3 Å². The summed E-state index contributed by atoms with van der Waals surface area (Å²) < 4.78 is 29.2. The highest BCUT2D eigenvalue weighted by molar-refractivity contribution is 9.11. The van der Waals surface area contributed by atoms with Gasteiger partial charge < -0.3 is 5.11 Å². The summed E-state index contributed by atoms with van der Waals surface area (Å²) >= 11 is 6.31. The van der Waals surface area contributed by atoms with Crippen LogP contribution in [0.5, 0.6) is 0 Å². The fourth-order valence-electron chi connectivity index (χ4n) is 1.29. The summed E-state index contributed by atoms with van der Waals surface area (Å²) in [5, 5.41) is 9.13. The van der Waals surface area contributed by atoms with Gasteiger partial charge in [-0.05, 0) is 34.0 Å². The van der Waals surface area contributed by atoms with E-state index in [1.807, 2.05) is 13.8 Å². The van der Waals surface area contributed by atoms with Gasteiger partial charge in [-0.15, -0.1) is 0 Å². The molecule has 0 unspecified atom stereocenters. The van der Waals surface area contributed by atoms with E-state index in [-0.39, 0.29) is 23.7 Å². The normalized spacial score (nSPS) is 11.7. The highest BCUT2D eigenvalue weighted by atomic mass is 79.9. The van der Waals surface area contributed by atoms with Gasteiger partial charge in [-0.3, -0.25) is 4.72 Å². The maximum absolute atomic E-state index is 11.9. The minimum Gasteiger partial charge on any atom is -0.478 e. The molecule has 1 rings (SSSR count). The SMILES string of the molecule is CC(C)CNS(=O)(=O)Nc1c(Br)cc(Br)cc1C(=O)O. The number of hydrogen-bond donors (Lipinski definition) is 3. The van der Waals surface area contributed by atoms with Gasteiger partial charge in [0, 0.05) is 15.5 Å². The topological polar surface area (TPSA) is 95.5 Å². The van der Waals surface area contributed by atoms with Crippen molar-refractivity contribution in [3.8, 4) is 0 Å². The largest absolute Gasteiger partial charge is 0.478 e. The zero-order valence-electron chi connectivity index (χ0n) is 10.8. The fraction of sp³-hybridized carbons (Fsp3) is 0.364. The van der Waals surface area contributed by atoms with Gasteiger partial charge in [0.05, 0.1) is 11.3 Å². The van der Waals surface area contributed by atoms with Crippen LogP contribution in [-0.2, 0) is 10.2 Å². The van der Waals surface area contributed by atoms with E-state index >= 15 is 0 Å². The van der Waals surface area contributed by atoms with Crippen molar-refractivity contribution in [3.05, 3.63) is 26.6 Å². The summed E-state index contributed by atoms with van der Waals surface area (Å²) in [5.41, 5.74) is -0.168. The van der Waals surface area contributed by atoms with Gasteiger partial charge in [-0.25, -0.2) is 4.79 Å². The molecule has 9 heteroatoms. The van der Waals surface area contributed by atoms with Crippen molar-refractivity contribution in [2.45, 2.75) is 13.8 Å². The zero-order chi connectivity index (χ0) is 15.5. The molecule has 6 nitrogen and oxygen atoms in total. The van der Waals surface area contributed by atoms with Crippen LogP contribution in [0, 0.1) is 5.92 Å². The maximum atomic E-state index is 11.9. The Bertz CT molecular complexity index is 617. The lowest BCUT2D eigenvalue weighted by atomic mass is 10.2. The molecule has 0 saturated heterocycles. The standard InChI is InChI=1S/C11H14Br2N2O4S/c1-6(2)5-14-20(18,19)15-10-8(11(16)17)3-7(12)4-9(10)13/h3-4,6,14-15H,5H2,1-2H3,(H,16,17). The van der Waals surface area contributed by atoms with Crippen LogP contribution >= 0.6 is 31.9 Å². The summed E-state index contributed by atoms with van der Waals surface area (Å²) in [6.45, 7) is 3.98. The molecule has 0 aliphatic heterocycles. The van der Waals surface area contributed by atoms with Crippen LogP contribution in [0.2, 0.25) is 0 Å². The molecule has 0 fully saturated rings. The van der Waals surface area contributed by atoms with Crippen molar-refractivity contribution in [3.63, 3.8) is 0 Å². The van der Waals surface area contributed by atoms with Crippen LogP contribution in [0.1, 0.15) is 24.2 Å². The Hall–Kier alpha value is -0.640. The highest BCUT2D eigenvalue weighted by Gasteiger charge is 2.19. The van der Waals surface area contributed by atoms with Gasteiger partial charge in [0.1, 0.15) is 0 Å². The molecule has 112 valence electrons. The monoisotopic (exact) mass is 428 g/mol. The van der Waals surface area contributed by atoms with Gasteiger partial charge in [0.15, 0.2) is 0 Å². The van der Waals surface area contributed by atoms with Gasteiger partial charge in [-0.2, -0.15) is 13.1 Å². The molecule has 0 aliphatic carbocycles. The van der Waals surface area contributed by atoms with E-state index < -0.39 is 16.2 Å². The lowest BCUT2D eigenvalue weighted by molar-refractivity contribution is 0.0698. The average Bonchev–Trinajstić information content (AvgIpc) is 2.29. The molecule has 0 aliphatic rings. The number of nitrogens with one attached hydrogen (secondary N) is 2. The van der Waals surface area contributed by atoms with Crippen LogP contribution in [-0.4, -0.2) is 26.0 Å². The second-order valence-electron chi connectivity index (χ2n) is 4.46. The number of benzene rings is 1. The summed E-state index contributed by atoms with van der Waals surface area (Å²) in [6.07, 6.45) is 0. The van der Waals surface area contributed by atoms with E-state index in [1.165, 1.54) is 6.07 Å². The molecule has 1 aromatic carbocycles. The molecular formula is C11H14Br2N2O4S. The van der Waals surface area contributed by atoms with Crippen molar-refractivity contribution in [1.82, 2.24) is 4.72 Å². The molecule has 0 radical (unpaired) electrons. The van der Waals surface area contributed by atoms with Gasteiger partial charge in [0.25, 0.3) is 10.2 Å². The Morgan fingerprint density at radius 3 is 2.45 bits per heavy atom. The second kappa shape index (κ2) is 6.88. The molecule has 0 bridgehead atoms. The third-order valence-electron chi connectivity index (χ3n) is 2.20. The first kappa shape index (κ1) is 17.4. The molecule has 0 spiro atoms. The zero-order valence-corrected chi connectivity index (χ0v) is 14.8. The molecule has 0 saturated carbocycles. The van der Waals surface area contributed by atoms with Crippen LogP contribution in [0.15, 0.2) is 21.1 Å². The van der Waals surface area contributed by atoms with Crippen molar-refractivity contribution in [2.24, 2.45) is 5.92 Å². The van der Waals surface area contributed by atoms with E-state index in [1.54, 1.807) is 6.07 Å². The first-order valence-electron chi connectivity index (χ1n) is 5.62. The molecule has 0 heterocycles. The molecule has 0 atom stereocenters.